The zero-order valence-corrected chi connectivity index (χ0v) is 19.7. The van der Waals surface area contributed by atoms with Crippen LogP contribution in [-0.4, -0.2) is 59.4 Å². The summed E-state index contributed by atoms with van der Waals surface area (Å²) in [6.45, 7) is 0.932. The summed E-state index contributed by atoms with van der Waals surface area (Å²) in [6, 6.07) is 14.5. The van der Waals surface area contributed by atoms with Crippen LogP contribution in [-0.2, 0) is 6.42 Å². The third-order valence-electron chi connectivity index (χ3n) is 5.82. The van der Waals surface area contributed by atoms with Gasteiger partial charge in [-0.15, -0.1) is 0 Å². The Bertz CT molecular complexity index is 1260. The highest BCUT2D eigenvalue weighted by molar-refractivity contribution is 5.89. The number of piperidine rings is 1. The number of nitrogens with zero attached hydrogens (tertiary/aromatic N) is 4. The summed E-state index contributed by atoms with van der Waals surface area (Å²) < 4.78 is 10.7. The fourth-order valence-electron chi connectivity index (χ4n) is 4.08. The third-order valence-corrected chi connectivity index (χ3v) is 5.82. The van der Waals surface area contributed by atoms with Crippen LogP contribution in [0.2, 0.25) is 0 Å². The number of methoxy groups -OCH3 is 2. The Morgan fingerprint density at radius 1 is 1.23 bits per heavy atom. The minimum Gasteiger partial charge on any atom is -0.497 e. The molecule has 9 nitrogen and oxygen atoms in total. The number of nitriles is 1. The van der Waals surface area contributed by atoms with E-state index in [1.807, 2.05) is 18.2 Å². The molecule has 3 aromatic rings. The van der Waals surface area contributed by atoms with Crippen LogP contribution in [0.3, 0.4) is 0 Å². The topological polar surface area (TPSA) is 121 Å². The van der Waals surface area contributed by atoms with E-state index in [4.69, 9.17) is 9.47 Å². The summed E-state index contributed by atoms with van der Waals surface area (Å²) in [4.78, 5) is 23.4. The first-order chi connectivity index (χ1) is 17.0. The van der Waals surface area contributed by atoms with Crippen LogP contribution in [0.15, 0.2) is 48.7 Å². The highest BCUT2D eigenvalue weighted by Crippen LogP contribution is 2.26. The van der Waals surface area contributed by atoms with Crippen molar-refractivity contribution in [3.63, 3.8) is 0 Å². The number of likely N-dealkylation sites (tertiary alicyclic amines) is 1. The van der Waals surface area contributed by atoms with Gasteiger partial charge in [0.25, 0.3) is 0 Å². The lowest BCUT2D eigenvalue weighted by Gasteiger charge is -2.30. The van der Waals surface area contributed by atoms with Gasteiger partial charge in [-0.3, -0.25) is 0 Å². The number of rotatable bonds is 6. The van der Waals surface area contributed by atoms with E-state index in [-0.39, 0.29) is 6.03 Å². The van der Waals surface area contributed by atoms with Gasteiger partial charge < -0.3 is 24.8 Å². The summed E-state index contributed by atoms with van der Waals surface area (Å²) in [5, 5.41) is 22.2. The highest BCUT2D eigenvalue weighted by atomic mass is 16.5. The smallest absolute Gasteiger partial charge is 0.321 e. The van der Waals surface area contributed by atoms with E-state index in [0.717, 1.165) is 17.5 Å². The standard InChI is InChI=1S/C26H27N5O4/c1-34-22-11-17(10-20(14-22)29-26(33)31-9-3-4-21(32)16-31)12-25-28-8-7-23(30-25)18-5-6-24(35-2)19(13-18)15-27/h5-8,10-11,13-14,21,32H,3-4,9,12,16H2,1-2H3,(H,29,33). The van der Waals surface area contributed by atoms with Crippen LogP contribution in [0.1, 0.15) is 29.8 Å². The second kappa shape index (κ2) is 10.8. The Hall–Kier alpha value is -4.16. The van der Waals surface area contributed by atoms with Crippen LogP contribution in [0.4, 0.5) is 10.5 Å². The number of hydrogen-bond donors (Lipinski definition) is 2. The van der Waals surface area contributed by atoms with Crippen molar-refractivity contribution in [3.05, 3.63) is 65.6 Å². The maximum absolute atomic E-state index is 12.7. The van der Waals surface area contributed by atoms with E-state index in [2.05, 4.69) is 21.4 Å². The fraction of sp³-hybridized carbons (Fsp3) is 0.308. The van der Waals surface area contributed by atoms with Gasteiger partial charge in [0.15, 0.2) is 0 Å². The predicted octanol–water partition coefficient (Wildman–Crippen LogP) is 3.61. The van der Waals surface area contributed by atoms with Crippen LogP contribution >= 0.6 is 0 Å². The maximum Gasteiger partial charge on any atom is 0.321 e. The highest BCUT2D eigenvalue weighted by Gasteiger charge is 2.22. The molecule has 1 atom stereocenters. The first kappa shape index (κ1) is 24.0. The lowest BCUT2D eigenvalue weighted by molar-refractivity contribution is 0.0883. The number of amides is 2. The van der Waals surface area contributed by atoms with Crippen LogP contribution < -0.4 is 14.8 Å². The Kier molecular flexibility index (Phi) is 7.43. The third kappa shape index (κ3) is 5.86. The Balaban J connectivity index is 1.54. The number of anilines is 1. The molecular formula is C26H27N5O4. The second-order valence-electron chi connectivity index (χ2n) is 8.30. The molecule has 0 bridgehead atoms. The molecular weight excluding hydrogens is 446 g/mol. The molecule has 180 valence electrons. The molecule has 0 spiro atoms. The molecule has 4 rings (SSSR count). The van der Waals surface area contributed by atoms with Crippen LogP contribution in [0.5, 0.6) is 11.5 Å². The number of carbonyl (C=O) groups is 1. The summed E-state index contributed by atoms with van der Waals surface area (Å²) >= 11 is 0. The van der Waals surface area contributed by atoms with E-state index in [9.17, 15) is 15.2 Å². The summed E-state index contributed by atoms with van der Waals surface area (Å²) in [7, 11) is 3.10. The quantitative estimate of drug-likeness (QED) is 0.561. The molecule has 1 unspecified atom stereocenters. The molecule has 9 heteroatoms. The van der Waals surface area contributed by atoms with E-state index in [0.29, 0.717) is 60.2 Å². The molecule has 0 saturated carbocycles. The normalized spacial score (nSPS) is 15.3. The summed E-state index contributed by atoms with van der Waals surface area (Å²) in [6.07, 6.45) is 3.08. The minimum absolute atomic E-state index is 0.256. The van der Waals surface area contributed by atoms with Crippen molar-refractivity contribution < 1.29 is 19.4 Å². The largest absolute Gasteiger partial charge is 0.497 e. The molecule has 1 aromatic heterocycles. The molecule has 2 aromatic carbocycles. The predicted molar refractivity (Wildman–Crippen MR) is 130 cm³/mol. The first-order valence-electron chi connectivity index (χ1n) is 11.3. The fourth-order valence-corrected chi connectivity index (χ4v) is 4.08. The van der Waals surface area contributed by atoms with Crippen molar-refractivity contribution in [2.45, 2.75) is 25.4 Å². The van der Waals surface area contributed by atoms with Gasteiger partial charge in [0.05, 0.1) is 31.6 Å². The van der Waals surface area contributed by atoms with Gasteiger partial charge in [0.2, 0.25) is 0 Å². The molecule has 0 aliphatic carbocycles. The number of aromatic nitrogens is 2. The van der Waals surface area contributed by atoms with Gasteiger partial charge in [-0.2, -0.15) is 5.26 Å². The molecule has 1 aliphatic heterocycles. The molecule has 35 heavy (non-hydrogen) atoms. The second-order valence-corrected chi connectivity index (χ2v) is 8.30. The number of carbonyl (C=O) groups excluding carboxylic acids is 1. The van der Waals surface area contributed by atoms with Crippen molar-refractivity contribution in [2.75, 3.05) is 32.6 Å². The van der Waals surface area contributed by atoms with Gasteiger partial charge in [-0.25, -0.2) is 14.8 Å². The average molecular weight is 474 g/mol. The summed E-state index contributed by atoms with van der Waals surface area (Å²) in [5.74, 6) is 1.69. The van der Waals surface area contributed by atoms with Crippen molar-refractivity contribution in [1.29, 1.82) is 5.26 Å². The van der Waals surface area contributed by atoms with Gasteiger partial charge in [-0.05, 0) is 54.8 Å². The zero-order valence-electron chi connectivity index (χ0n) is 19.7. The Labute approximate surface area is 204 Å². The van der Waals surface area contributed by atoms with Crippen molar-refractivity contribution in [3.8, 4) is 28.8 Å². The summed E-state index contributed by atoms with van der Waals surface area (Å²) in [5.41, 5.74) is 3.36. The van der Waals surface area contributed by atoms with Gasteiger partial charge >= 0.3 is 6.03 Å². The van der Waals surface area contributed by atoms with E-state index in [1.54, 1.807) is 42.5 Å². The molecule has 2 heterocycles. The monoisotopic (exact) mass is 473 g/mol. The van der Waals surface area contributed by atoms with E-state index in [1.165, 1.54) is 7.11 Å². The number of ether oxygens (including phenoxy) is 2. The first-order valence-corrected chi connectivity index (χ1v) is 11.3. The van der Waals surface area contributed by atoms with Crippen molar-refractivity contribution in [1.82, 2.24) is 14.9 Å². The number of benzene rings is 2. The van der Waals surface area contributed by atoms with Crippen molar-refractivity contribution >= 4 is 11.7 Å². The average Bonchev–Trinajstić information content (AvgIpc) is 2.88. The minimum atomic E-state index is -0.491. The molecule has 1 saturated heterocycles. The Morgan fingerprint density at radius 2 is 2.09 bits per heavy atom. The molecule has 0 radical (unpaired) electrons. The van der Waals surface area contributed by atoms with E-state index >= 15 is 0 Å². The van der Waals surface area contributed by atoms with Gasteiger partial charge in [0, 0.05) is 43.0 Å². The Morgan fingerprint density at radius 3 is 2.83 bits per heavy atom. The number of aliphatic hydroxyl groups excluding tert-OH is 1. The SMILES string of the molecule is COc1cc(Cc2nccc(-c3ccc(OC)c(C#N)c3)n2)cc(NC(=O)N2CCCC(O)C2)c1. The molecule has 1 aliphatic rings. The lowest BCUT2D eigenvalue weighted by atomic mass is 10.1. The number of hydrogen-bond acceptors (Lipinski definition) is 7. The van der Waals surface area contributed by atoms with Crippen molar-refractivity contribution in [2.24, 2.45) is 0 Å². The van der Waals surface area contributed by atoms with Crippen LogP contribution in [0.25, 0.3) is 11.3 Å². The van der Waals surface area contributed by atoms with Crippen LogP contribution in [0, 0.1) is 11.3 Å². The number of urea groups is 1. The lowest BCUT2D eigenvalue weighted by Crippen LogP contribution is -2.44. The molecule has 2 amide bonds. The maximum atomic E-state index is 12.7. The number of β-amino-alcohol motifs (C(OH)–C–C–N with tert-alkyl or cyclic N) is 1. The molecule has 2 N–H and O–H groups in total. The van der Waals surface area contributed by atoms with E-state index < -0.39 is 6.10 Å². The zero-order chi connectivity index (χ0) is 24.8. The van der Waals surface area contributed by atoms with Gasteiger partial charge in [-0.1, -0.05) is 0 Å². The number of aliphatic hydroxyl groups is 1. The molecule has 1 fully saturated rings. The number of nitrogens with one attached hydrogen (secondary N) is 1. The van der Waals surface area contributed by atoms with Gasteiger partial charge in [0.1, 0.15) is 23.4 Å².